The number of rotatable bonds is 11. The molecule has 0 saturated carbocycles. The Hall–Kier alpha value is -4.86. The summed E-state index contributed by atoms with van der Waals surface area (Å²) in [6.45, 7) is 4.73. The normalized spacial score (nSPS) is 10.5. The van der Waals surface area contributed by atoms with Crippen LogP contribution < -0.4 is 29.7 Å². The monoisotopic (exact) mass is 519 g/mol. The summed E-state index contributed by atoms with van der Waals surface area (Å²) in [7, 11) is 1.46. The molecule has 3 aromatic carbocycles. The minimum absolute atomic E-state index is 0.223. The molecular weight excluding hydrogens is 490 g/mol. The number of benzene rings is 3. The lowest BCUT2D eigenvalue weighted by Gasteiger charge is -2.12. The Kier molecular flexibility index (Phi) is 10.2. The van der Waals surface area contributed by atoms with Gasteiger partial charge in [0.25, 0.3) is 0 Å². The van der Waals surface area contributed by atoms with Gasteiger partial charge in [-0.25, -0.2) is 10.2 Å². The largest absolute Gasteiger partial charge is 0.495 e. The summed E-state index contributed by atoms with van der Waals surface area (Å²) in [5.74, 6) is -0.801. The van der Waals surface area contributed by atoms with Gasteiger partial charge in [-0.1, -0.05) is 19.1 Å². The zero-order valence-electron chi connectivity index (χ0n) is 21.4. The summed E-state index contributed by atoms with van der Waals surface area (Å²) in [6.07, 6.45) is 2.22. The second-order valence-electron chi connectivity index (χ2n) is 7.76. The Bertz CT molecular complexity index is 1290. The first-order chi connectivity index (χ1) is 18.4. The van der Waals surface area contributed by atoms with Crippen molar-refractivity contribution in [3.05, 3.63) is 77.9 Å². The van der Waals surface area contributed by atoms with Crippen molar-refractivity contribution in [3.63, 3.8) is 0 Å². The third-order valence-electron chi connectivity index (χ3n) is 4.97. The zero-order chi connectivity index (χ0) is 27.3. The van der Waals surface area contributed by atoms with Crippen LogP contribution in [-0.4, -0.2) is 44.3 Å². The maximum absolute atomic E-state index is 12.6. The number of carbonyl (C=O) groups excluding carboxylic acids is 3. The van der Waals surface area contributed by atoms with E-state index in [2.05, 4.69) is 15.8 Å². The molecule has 2 N–H and O–H groups in total. The number of carbonyl (C=O) groups is 3. The molecule has 3 aromatic rings. The lowest BCUT2D eigenvalue weighted by Crippen LogP contribution is -2.32. The van der Waals surface area contributed by atoms with Gasteiger partial charge in [0.05, 0.1) is 37.8 Å². The molecule has 0 aromatic heterocycles. The first-order valence-electron chi connectivity index (χ1n) is 11.9. The molecule has 2 amide bonds. The molecule has 3 rings (SSSR count). The number of methoxy groups -OCH3 is 1. The number of hydrazone groups is 1. The predicted molar refractivity (Wildman–Crippen MR) is 142 cm³/mol. The van der Waals surface area contributed by atoms with Crippen LogP contribution in [-0.2, 0) is 9.59 Å². The highest BCUT2D eigenvalue weighted by atomic mass is 16.6. The number of para-hydroxylation sites is 2. The van der Waals surface area contributed by atoms with Crippen molar-refractivity contribution in [1.29, 1.82) is 0 Å². The van der Waals surface area contributed by atoms with Gasteiger partial charge in [-0.3, -0.25) is 9.59 Å². The lowest BCUT2D eigenvalue weighted by molar-refractivity contribution is -0.136. The van der Waals surface area contributed by atoms with Crippen LogP contribution in [0.5, 0.6) is 23.0 Å². The van der Waals surface area contributed by atoms with Crippen molar-refractivity contribution in [1.82, 2.24) is 5.43 Å². The Morgan fingerprint density at radius 3 is 2.34 bits per heavy atom. The van der Waals surface area contributed by atoms with E-state index in [1.165, 1.54) is 13.3 Å². The second-order valence-corrected chi connectivity index (χ2v) is 7.76. The van der Waals surface area contributed by atoms with Gasteiger partial charge in [0.1, 0.15) is 11.5 Å². The van der Waals surface area contributed by atoms with Crippen LogP contribution in [0.2, 0.25) is 0 Å². The van der Waals surface area contributed by atoms with E-state index in [9.17, 15) is 14.4 Å². The van der Waals surface area contributed by atoms with Crippen LogP contribution in [0.1, 0.15) is 36.2 Å². The molecule has 10 nitrogen and oxygen atoms in total. The van der Waals surface area contributed by atoms with E-state index < -0.39 is 17.8 Å². The number of hydrogen-bond donors (Lipinski definition) is 2. The molecule has 0 aliphatic heterocycles. The van der Waals surface area contributed by atoms with E-state index in [-0.39, 0.29) is 5.75 Å². The number of anilines is 1. The summed E-state index contributed by atoms with van der Waals surface area (Å²) >= 11 is 0. The average Bonchev–Trinajstić information content (AvgIpc) is 2.93. The van der Waals surface area contributed by atoms with Crippen LogP contribution in [0.25, 0.3) is 0 Å². The minimum atomic E-state index is -0.964. The van der Waals surface area contributed by atoms with Crippen LogP contribution in [0.4, 0.5) is 5.69 Å². The fourth-order valence-electron chi connectivity index (χ4n) is 3.17. The fraction of sp³-hybridized carbons (Fsp3) is 0.214. The van der Waals surface area contributed by atoms with Gasteiger partial charge in [-0.05, 0) is 73.5 Å². The van der Waals surface area contributed by atoms with Crippen molar-refractivity contribution < 1.29 is 33.3 Å². The van der Waals surface area contributed by atoms with E-state index in [1.807, 2.05) is 6.92 Å². The minimum Gasteiger partial charge on any atom is -0.495 e. The second kappa shape index (κ2) is 14.0. The quantitative estimate of drug-likeness (QED) is 0.128. The van der Waals surface area contributed by atoms with Gasteiger partial charge in [-0.15, -0.1) is 0 Å². The summed E-state index contributed by atoms with van der Waals surface area (Å²) < 4.78 is 21.8. The SMILES string of the molecule is CCCOc1ccc(C(=O)Oc2ccc(C=NNC(=O)C(=O)Nc3ccccc3OC)cc2OCC)cc1. The van der Waals surface area contributed by atoms with Crippen molar-refractivity contribution in [2.24, 2.45) is 5.10 Å². The smallest absolute Gasteiger partial charge is 0.343 e. The Morgan fingerprint density at radius 1 is 0.868 bits per heavy atom. The summed E-state index contributed by atoms with van der Waals surface area (Å²) in [5, 5.41) is 6.29. The first kappa shape index (κ1) is 27.7. The third-order valence-corrected chi connectivity index (χ3v) is 4.97. The van der Waals surface area contributed by atoms with Crippen molar-refractivity contribution >= 4 is 29.7 Å². The number of amides is 2. The highest BCUT2D eigenvalue weighted by molar-refractivity contribution is 6.39. The number of esters is 1. The Balaban J connectivity index is 1.62. The zero-order valence-corrected chi connectivity index (χ0v) is 21.4. The van der Waals surface area contributed by atoms with Gasteiger partial charge < -0.3 is 24.3 Å². The molecule has 0 atom stereocenters. The molecule has 0 spiro atoms. The molecule has 0 aliphatic carbocycles. The standard InChI is InChI=1S/C28H29N3O7/c1-4-16-37-21-13-11-20(12-14-21)28(34)38-24-15-10-19(17-25(24)36-5-2)18-29-31-27(33)26(32)30-22-8-6-7-9-23(22)35-3/h6-15,17-18H,4-5,16H2,1-3H3,(H,30,32)(H,31,33). The molecule has 38 heavy (non-hydrogen) atoms. The molecule has 0 aliphatic rings. The molecule has 0 heterocycles. The van der Waals surface area contributed by atoms with E-state index in [0.29, 0.717) is 47.3 Å². The summed E-state index contributed by atoms with van der Waals surface area (Å²) in [6, 6.07) is 18.1. The lowest BCUT2D eigenvalue weighted by atomic mass is 10.2. The van der Waals surface area contributed by atoms with Crippen LogP contribution in [0.15, 0.2) is 71.8 Å². The molecular formula is C28H29N3O7. The summed E-state index contributed by atoms with van der Waals surface area (Å²) in [4.78, 5) is 36.9. The number of nitrogens with one attached hydrogen (secondary N) is 2. The Morgan fingerprint density at radius 2 is 1.63 bits per heavy atom. The first-order valence-corrected chi connectivity index (χ1v) is 11.9. The highest BCUT2D eigenvalue weighted by Crippen LogP contribution is 2.29. The fourth-order valence-corrected chi connectivity index (χ4v) is 3.17. The van der Waals surface area contributed by atoms with E-state index in [4.69, 9.17) is 18.9 Å². The molecule has 0 unspecified atom stereocenters. The predicted octanol–water partition coefficient (Wildman–Crippen LogP) is 4.19. The number of nitrogens with zero attached hydrogens (tertiary/aromatic N) is 1. The van der Waals surface area contributed by atoms with E-state index in [0.717, 1.165) is 6.42 Å². The summed E-state index contributed by atoms with van der Waals surface area (Å²) in [5.41, 5.74) is 3.42. The third kappa shape index (κ3) is 7.82. The maximum atomic E-state index is 12.6. The van der Waals surface area contributed by atoms with Gasteiger partial charge in [0.2, 0.25) is 0 Å². The van der Waals surface area contributed by atoms with Gasteiger partial charge in [0.15, 0.2) is 11.5 Å². The van der Waals surface area contributed by atoms with Crippen LogP contribution >= 0.6 is 0 Å². The molecule has 0 fully saturated rings. The highest BCUT2D eigenvalue weighted by Gasteiger charge is 2.16. The van der Waals surface area contributed by atoms with E-state index >= 15 is 0 Å². The number of hydrogen-bond acceptors (Lipinski definition) is 8. The van der Waals surface area contributed by atoms with Gasteiger partial charge >= 0.3 is 17.8 Å². The van der Waals surface area contributed by atoms with Crippen molar-refractivity contribution in [2.75, 3.05) is 25.6 Å². The molecule has 10 heteroatoms. The van der Waals surface area contributed by atoms with Gasteiger partial charge in [-0.2, -0.15) is 5.10 Å². The Labute approximate surface area is 220 Å². The van der Waals surface area contributed by atoms with E-state index in [1.54, 1.807) is 73.7 Å². The van der Waals surface area contributed by atoms with Gasteiger partial charge in [0, 0.05) is 0 Å². The molecule has 0 radical (unpaired) electrons. The maximum Gasteiger partial charge on any atom is 0.343 e. The molecule has 0 bridgehead atoms. The number of ether oxygens (including phenoxy) is 4. The van der Waals surface area contributed by atoms with Crippen molar-refractivity contribution in [2.45, 2.75) is 20.3 Å². The van der Waals surface area contributed by atoms with Crippen LogP contribution in [0.3, 0.4) is 0 Å². The van der Waals surface area contributed by atoms with Crippen LogP contribution in [0, 0.1) is 0 Å². The average molecular weight is 520 g/mol. The topological polar surface area (TPSA) is 125 Å². The molecule has 0 saturated heterocycles. The molecule has 198 valence electrons. The van der Waals surface area contributed by atoms with Crippen molar-refractivity contribution in [3.8, 4) is 23.0 Å².